The van der Waals surface area contributed by atoms with Crippen molar-refractivity contribution >= 4 is 63.2 Å². The van der Waals surface area contributed by atoms with Crippen LogP contribution in [-0.2, 0) is 16.1 Å². The molecule has 0 aliphatic rings. The van der Waals surface area contributed by atoms with Crippen LogP contribution in [0.15, 0.2) is 82.2 Å². The van der Waals surface area contributed by atoms with Crippen molar-refractivity contribution in [2.45, 2.75) is 19.6 Å². The molecule has 4 aromatic rings. The van der Waals surface area contributed by atoms with E-state index in [4.69, 9.17) is 37.7 Å². The van der Waals surface area contributed by atoms with Crippen LogP contribution in [-0.4, -0.2) is 37.2 Å². The second-order valence-electron chi connectivity index (χ2n) is 8.68. The fraction of sp³-hybridized carbons (Fsp3) is 0.172. The van der Waals surface area contributed by atoms with Crippen LogP contribution < -0.4 is 26.2 Å². The third-order valence-corrected chi connectivity index (χ3v) is 6.45. The molecule has 1 unspecified atom stereocenters. The van der Waals surface area contributed by atoms with Gasteiger partial charge < -0.3 is 24.5 Å². The molecule has 9 nitrogen and oxygen atoms in total. The molecule has 4 rings (SSSR count). The first kappa shape index (κ1) is 28.8. The van der Waals surface area contributed by atoms with Crippen LogP contribution in [0.3, 0.4) is 0 Å². The van der Waals surface area contributed by atoms with Crippen LogP contribution in [0.1, 0.15) is 18.1 Å². The van der Waals surface area contributed by atoms with E-state index in [-0.39, 0.29) is 29.1 Å². The van der Waals surface area contributed by atoms with E-state index in [1.807, 2.05) is 0 Å². The summed E-state index contributed by atoms with van der Waals surface area (Å²) in [6.07, 6.45) is -0.744. The lowest BCUT2D eigenvalue weighted by atomic mass is 10.2. The summed E-state index contributed by atoms with van der Waals surface area (Å²) in [6, 6.07) is 20.7. The molecule has 1 aromatic heterocycles. The lowest BCUT2D eigenvalue weighted by Crippen LogP contribution is -2.35. The average molecular weight is 579 g/mol. The molecule has 0 fully saturated rings. The Labute approximate surface area is 241 Å². The maximum absolute atomic E-state index is 12.6. The van der Waals surface area contributed by atoms with Crippen molar-refractivity contribution in [2.24, 2.45) is 4.99 Å². The summed E-state index contributed by atoms with van der Waals surface area (Å²) in [7, 11) is 3.29. The normalized spacial score (nSPS) is 12.1. The molecule has 1 atom stereocenters. The van der Waals surface area contributed by atoms with E-state index >= 15 is 0 Å². The van der Waals surface area contributed by atoms with E-state index in [9.17, 15) is 9.59 Å². The molecule has 0 saturated carbocycles. The highest BCUT2D eigenvalue weighted by Crippen LogP contribution is 2.21. The molecule has 0 saturated heterocycles. The monoisotopic (exact) mass is 578 g/mol. The molecule has 0 aliphatic carbocycles. The fourth-order valence-corrected chi connectivity index (χ4v) is 3.94. The van der Waals surface area contributed by atoms with Gasteiger partial charge in [-0.15, -0.1) is 0 Å². The second-order valence-corrected chi connectivity index (χ2v) is 9.53. The summed E-state index contributed by atoms with van der Waals surface area (Å²) in [5.74, 6) is 0.534. The minimum Gasteiger partial charge on any atom is -0.497 e. The highest BCUT2D eigenvalue weighted by atomic mass is 35.5. The zero-order chi connectivity index (χ0) is 28.6. The van der Waals surface area contributed by atoms with E-state index in [1.54, 1.807) is 93.9 Å². The number of halogens is 1. The lowest BCUT2D eigenvalue weighted by Gasteiger charge is -2.12. The van der Waals surface area contributed by atoms with Gasteiger partial charge in [-0.05, 0) is 80.2 Å². The van der Waals surface area contributed by atoms with E-state index in [1.165, 1.54) is 0 Å². The van der Waals surface area contributed by atoms with Gasteiger partial charge in [0.25, 0.3) is 0 Å². The van der Waals surface area contributed by atoms with Crippen LogP contribution in [0, 0.1) is 0 Å². The molecule has 40 heavy (non-hydrogen) atoms. The summed E-state index contributed by atoms with van der Waals surface area (Å²) in [6.45, 7) is 1.76. The highest BCUT2D eigenvalue weighted by molar-refractivity contribution is 7.80. The number of carbonyl (C=O) groups is 2. The maximum Gasteiger partial charge on any atom is 0.412 e. The first-order chi connectivity index (χ1) is 19.2. The first-order valence-electron chi connectivity index (χ1n) is 12.2. The van der Waals surface area contributed by atoms with E-state index in [2.05, 4.69) is 20.9 Å². The molecule has 2 amide bonds. The largest absolute Gasteiger partial charge is 0.497 e. The van der Waals surface area contributed by atoms with Gasteiger partial charge in [0.2, 0.25) is 11.5 Å². The van der Waals surface area contributed by atoms with Crippen molar-refractivity contribution < 1.29 is 23.5 Å². The smallest absolute Gasteiger partial charge is 0.412 e. The van der Waals surface area contributed by atoms with Gasteiger partial charge in [0.1, 0.15) is 22.9 Å². The van der Waals surface area contributed by atoms with Crippen LogP contribution in [0.25, 0.3) is 11.0 Å². The number of hydrogen-bond donors (Lipinski definition) is 3. The SMILES string of the molecule is CNC(C)C(=O)Nc1ccc(COC(=O)NC(=S)c2cc3cc(Cl)ccc3oc2=Nc2ccc(OC)cc2)cc1. The third-order valence-electron chi connectivity index (χ3n) is 5.89. The molecule has 11 heteroatoms. The Kier molecular flexibility index (Phi) is 9.49. The van der Waals surface area contributed by atoms with Crippen molar-refractivity contribution in [1.82, 2.24) is 10.6 Å². The Morgan fingerprint density at radius 3 is 2.45 bits per heavy atom. The van der Waals surface area contributed by atoms with E-state index < -0.39 is 6.09 Å². The maximum atomic E-state index is 12.6. The number of ether oxygens (including phenoxy) is 2. The van der Waals surface area contributed by atoms with E-state index in [0.717, 1.165) is 5.56 Å². The quantitative estimate of drug-likeness (QED) is 0.237. The minimum absolute atomic E-state index is 0.00360. The summed E-state index contributed by atoms with van der Waals surface area (Å²) in [5, 5.41) is 9.47. The van der Waals surface area contributed by atoms with Gasteiger partial charge >= 0.3 is 6.09 Å². The predicted molar refractivity (Wildman–Crippen MR) is 158 cm³/mol. The Balaban J connectivity index is 1.48. The molecular weight excluding hydrogens is 552 g/mol. The Morgan fingerprint density at radius 2 is 1.77 bits per heavy atom. The number of alkyl carbamates (subject to hydrolysis) is 1. The van der Waals surface area contributed by atoms with Crippen molar-refractivity contribution in [1.29, 1.82) is 0 Å². The first-order valence-corrected chi connectivity index (χ1v) is 13.0. The molecule has 0 radical (unpaired) electrons. The van der Waals surface area contributed by atoms with Gasteiger partial charge in [-0.3, -0.25) is 10.1 Å². The van der Waals surface area contributed by atoms with Gasteiger partial charge in [-0.2, -0.15) is 0 Å². The third kappa shape index (κ3) is 7.44. The molecule has 0 aliphatic heterocycles. The fourth-order valence-electron chi connectivity index (χ4n) is 3.53. The number of likely N-dealkylation sites (N-methyl/N-ethyl adjacent to an activating group) is 1. The lowest BCUT2D eigenvalue weighted by molar-refractivity contribution is -0.117. The molecular formula is C29H27ClN4O5S. The highest BCUT2D eigenvalue weighted by Gasteiger charge is 2.14. The van der Waals surface area contributed by atoms with Gasteiger partial charge in [0.05, 0.1) is 24.4 Å². The molecule has 3 aromatic carbocycles. The topological polar surface area (TPSA) is 114 Å². The molecule has 1 heterocycles. The van der Waals surface area contributed by atoms with Gasteiger partial charge in [-0.1, -0.05) is 36.0 Å². The number of rotatable bonds is 8. The number of anilines is 1. The van der Waals surface area contributed by atoms with Crippen LogP contribution >= 0.6 is 23.8 Å². The van der Waals surface area contributed by atoms with Gasteiger partial charge in [-0.25, -0.2) is 9.79 Å². The van der Waals surface area contributed by atoms with Crippen LogP contribution in [0.2, 0.25) is 5.02 Å². The standard InChI is InChI=1S/C29H27ClN4O5S/c1-17(31-2)26(35)32-21-7-4-18(5-8-21)16-38-29(36)34-28(40)24-15-19-14-20(30)6-13-25(19)39-27(24)33-22-9-11-23(37-3)12-10-22/h4-15,17,31H,16H2,1-3H3,(H,32,35)(H,34,36,40). The summed E-state index contributed by atoms with van der Waals surface area (Å²) >= 11 is 11.7. The Hall–Kier alpha value is -4.25. The predicted octanol–water partition coefficient (Wildman–Crippen LogP) is 5.48. The Morgan fingerprint density at radius 1 is 1.05 bits per heavy atom. The van der Waals surface area contributed by atoms with Crippen molar-refractivity contribution in [3.63, 3.8) is 0 Å². The molecule has 0 spiro atoms. The zero-order valence-electron chi connectivity index (χ0n) is 22.0. The summed E-state index contributed by atoms with van der Waals surface area (Å²) in [4.78, 5) is 29.3. The number of nitrogens with zero attached hydrogens (tertiary/aromatic N) is 1. The molecule has 0 bridgehead atoms. The number of benzene rings is 3. The van der Waals surface area contributed by atoms with Crippen LogP contribution in [0.5, 0.6) is 5.75 Å². The number of methoxy groups -OCH3 is 1. The van der Waals surface area contributed by atoms with Crippen molar-refractivity contribution in [2.75, 3.05) is 19.5 Å². The summed E-state index contributed by atoms with van der Waals surface area (Å²) in [5.41, 5.74) is 3.10. The Bertz CT molecular complexity index is 1600. The number of nitrogens with one attached hydrogen (secondary N) is 3. The van der Waals surface area contributed by atoms with Crippen molar-refractivity contribution in [3.8, 4) is 5.75 Å². The van der Waals surface area contributed by atoms with Gasteiger partial charge in [0.15, 0.2) is 0 Å². The average Bonchev–Trinajstić information content (AvgIpc) is 2.96. The van der Waals surface area contributed by atoms with Crippen molar-refractivity contribution in [3.05, 3.63) is 94.5 Å². The number of fused-ring (bicyclic) bond motifs is 1. The number of hydrogen-bond acceptors (Lipinski definition) is 8. The summed E-state index contributed by atoms with van der Waals surface area (Å²) < 4.78 is 16.6. The van der Waals surface area contributed by atoms with Gasteiger partial charge in [0, 0.05) is 16.1 Å². The minimum atomic E-state index is -0.744. The number of carbonyl (C=O) groups excluding carboxylic acids is 2. The second kappa shape index (κ2) is 13.2. The number of thiocarbonyl (C=S) groups is 1. The molecule has 3 N–H and O–H groups in total. The molecule has 206 valence electrons. The van der Waals surface area contributed by atoms with Crippen LogP contribution in [0.4, 0.5) is 16.2 Å². The number of amides is 2. The van der Waals surface area contributed by atoms with E-state index in [0.29, 0.717) is 38.7 Å². The zero-order valence-corrected chi connectivity index (χ0v) is 23.6.